The third-order valence-electron chi connectivity index (χ3n) is 5.00. The van der Waals surface area contributed by atoms with E-state index in [2.05, 4.69) is 5.32 Å². The Morgan fingerprint density at radius 3 is 2.59 bits per heavy atom. The van der Waals surface area contributed by atoms with Gasteiger partial charge in [0.15, 0.2) is 5.69 Å². The zero-order valence-electron chi connectivity index (χ0n) is 12.8. The molecule has 2 fully saturated rings. The van der Waals surface area contributed by atoms with Crippen molar-refractivity contribution in [2.45, 2.75) is 31.7 Å². The summed E-state index contributed by atoms with van der Waals surface area (Å²) in [5.41, 5.74) is 0.393. The lowest BCUT2D eigenvalue weighted by Gasteiger charge is -2.34. The van der Waals surface area contributed by atoms with Gasteiger partial charge in [-0.05, 0) is 49.1 Å². The Hall–Kier alpha value is -1.89. The van der Waals surface area contributed by atoms with Crippen molar-refractivity contribution in [3.63, 3.8) is 0 Å². The number of hydrogen-bond acceptors (Lipinski definition) is 4. The van der Waals surface area contributed by atoms with Crippen LogP contribution in [0.15, 0.2) is 12.1 Å². The summed E-state index contributed by atoms with van der Waals surface area (Å²) in [5, 5.41) is 14.4. The molecule has 7 nitrogen and oxygen atoms in total. The van der Waals surface area contributed by atoms with E-state index < -0.39 is 4.92 Å². The highest BCUT2D eigenvalue weighted by atomic mass is 16.6. The van der Waals surface area contributed by atoms with Crippen LogP contribution in [0.25, 0.3) is 0 Å². The van der Waals surface area contributed by atoms with E-state index in [-0.39, 0.29) is 11.7 Å². The van der Waals surface area contributed by atoms with E-state index in [0.717, 1.165) is 32.5 Å². The molecule has 2 saturated heterocycles. The first kappa shape index (κ1) is 15.0. The second-order valence-electron chi connectivity index (χ2n) is 6.23. The molecule has 0 saturated carbocycles. The molecule has 0 aromatic carbocycles. The van der Waals surface area contributed by atoms with Gasteiger partial charge in [-0.1, -0.05) is 0 Å². The molecule has 7 heteroatoms. The van der Waals surface area contributed by atoms with Gasteiger partial charge in [0.25, 0.3) is 5.91 Å². The normalized spacial score (nSPS) is 23.0. The van der Waals surface area contributed by atoms with Crippen molar-refractivity contribution in [3.8, 4) is 0 Å². The summed E-state index contributed by atoms with van der Waals surface area (Å²) in [6.07, 6.45) is 4.51. The molecule has 1 N–H and O–H groups in total. The van der Waals surface area contributed by atoms with Gasteiger partial charge in [-0.15, -0.1) is 0 Å². The lowest BCUT2D eigenvalue weighted by Crippen LogP contribution is -2.43. The minimum Gasteiger partial charge on any atom is -0.358 e. The van der Waals surface area contributed by atoms with Gasteiger partial charge in [0, 0.05) is 25.2 Å². The van der Waals surface area contributed by atoms with Crippen molar-refractivity contribution in [1.82, 2.24) is 14.8 Å². The first-order chi connectivity index (χ1) is 10.6. The number of carbonyl (C=O) groups excluding carboxylic acids is 1. The molecule has 0 spiro atoms. The molecule has 120 valence electrons. The predicted octanol–water partition coefficient (Wildman–Crippen LogP) is 1.54. The van der Waals surface area contributed by atoms with Gasteiger partial charge >= 0.3 is 5.82 Å². The van der Waals surface area contributed by atoms with Gasteiger partial charge in [0.05, 0.1) is 7.05 Å². The minimum atomic E-state index is -0.464. The number of nitrogens with zero attached hydrogens (tertiary/aromatic N) is 3. The topological polar surface area (TPSA) is 80.4 Å². The van der Waals surface area contributed by atoms with Gasteiger partial charge in [-0.3, -0.25) is 4.79 Å². The number of nitrogens with one attached hydrogen (secondary N) is 1. The summed E-state index contributed by atoms with van der Waals surface area (Å²) < 4.78 is 1.37. The van der Waals surface area contributed by atoms with Crippen LogP contribution in [0.5, 0.6) is 0 Å². The molecule has 3 rings (SSSR count). The van der Waals surface area contributed by atoms with Crippen molar-refractivity contribution in [2.24, 2.45) is 13.0 Å². The number of hydrogen-bond donors (Lipinski definition) is 1. The molecule has 1 atom stereocenters. The summed E-state index contributed by atoms with van der Waals surface area (Å²) >= 11 is 0. The maximum Gasteiger partial charge on any atom is 0.323 e. The highest BCUT2D eigenvalue weighted by Gasteiger charge is 2.32. The molecule has 22 heavy (non-hydrogen) atoms. The van der Waals surface area contributed by atoms with E-state index in [4.69, 9.17) is 0 Å². The quantitative estimate of drug-likeness (QED) is 0.678. The smallest absolute Gasteiger partial charge is 0.323 e. The molecule has 1 aromatic heterocycles. The van der Waals surface area contributed by atoms with Crippen LogP contribution < -0.4 is 5.32 Å². The number of aromatic nitrogens is 1. The van der Waals surface area contributed by atoms with Gasteiger partial charge < -0.3 is 20.3 Å². The molecule has 3 heterocycles. The van der Waals surface area contributed by atoms with Crippen LogP contribution in [0, 0.1) is 16.0 Å². The van der Waals surface area contributed by atoms with Gasteiger partial charge in [0.2, 0.25) is 0 Å². The molecule has 1 unspecified atom stereocenters. The Bertz CT molecular complexity index is 569. The third kappa shape index (κ3) is 2.72. The molecule has 1 amide bonds. The van der Waals surface area contributed by atoms with E-state index in [1.165, 1.54) is 23.5 Å². The number of amides is 1. The monoisotopic (exact) mass is 306 g/mol. The van der Waals surface area contributed by atoms with Crippen LogP contribution in [0.2, 0.25) is 0 Å². The van der Waals surface area contributed by atoms with Crippen molar-refractivity contribution in [1.29, 1.82) is 0 Å². The fourth-order valence-electron chi connectivity index (χ4n) is 3.68. The lowest BCUT2D eigenvalue weighted by molar-refractivity contribution is -0.391. The summed E-state index contributed by atoms with van der Waals surface area (Å²) in [6, 6.07) is 3.54. The Kier molecular flexibility index (Phi) is 4.15. The Balaban J connectivity index is 1.63. The molecule has 0 radical (unpaired) electrons. The summed E-state index contributed by atoms with van der Waals surface area (Å²) in [7, 11) is 1.57. The van der Waals surface area contributed by atoms with E-state index in [1.54, 1.807) is 13.1 Å². The highest BCUT2D eigenvalue weighted by Crippen LogP contribution is 2.27. The van der Waals surface area contributed by atoms with Crippen LogP contribution in [-0.2, 0) is 7.05 Å². The maximum atomic E-state index is 12.6. The van der Waals surface area contributed by atoms with Crippen LogP contribution in [0.4, 0.5) is 5.82 Å². The maximum absolute atomic E-state index is 12.6. The zero-order valence-corrected chi connectivity index (χ0v) is 12.8. The fraction of sp³-hybridized carbons (Fsp3) is 0.667. The van der Waals surface area contributed by atoms with Crippen molar-refractivity contribution >= 4 is 11.7 Å². The number of carbonyl (C=O) groups is 1. The largest absolute Gasteiger partial charge is 0.358 e. The second-order valence-corrected chi connectivity index (χ2v) is 6.23. The molecule has 1 aromatic rings. The second kappa shape index (κ2) is 6.08. The van der Waals surface area contributed by atoms with Gasteiger partial charge in [-0.25, -0.2) is 4.57 Å². The molecular formula is C15H22N4O3. The van der Waals surface area contributed by atoms with Crippen LogP contribution in [-0.4, -0.2) is 46.0 Å². The van der Waals surface area contributed by atoms with Crippen LogP contribution in [0.1, 0.15) is 36.2 Å². The van der Waals surface area contributed by atoms with E-state index >= 15 is 0 Å². The van der Waals surface area contributed by atoms with Crippen molar-refractivity contribution in [2.75, 3.05) is 19.6 Å². The first-order valence-electron chi connectivity index (χ1n) is 7.90. The van der Waals surface area contributed by atoms with Crippen LogP contribution in [0.3, 0.4) is 0 Å². The first-order valence-corrected chi connectivity index (χ1v) is 7.90. The fourth-order valence-corrected chi connectivity index (χ4v) is 3.68. The molecule has 2 aliphatic heterocycles. The number of piperidine rings is 1. The Labute approximate surface area is 129 Å². The Morgan fingerprint density at radius 2 is 2.05 bits per heavy atom. The molecule has 2 aliphatic rings. The summed E-state index contributed by atoms with van der Waals surface area (Å²) in [4.78, 5) is 24.8. The van der Waals surface area contributed by atoms with Crippen molar-refractivity contribution in [3.05, 3.63) is 27.9 Å². The number of nitro groups is 1. The van der Waals surface area contributed by atoms with Gasteiger partial charge in [-0.2, -0.15) is 0 Å². The average molecular weight is 306 g/mol. The van der Waals surface area contributed by atoms with Crippen molar-refractivity contribution < 1.29 is 9.72 Å². The summed E-state index contributed by atoms with van der Waals surface area (Å²) in [6.45, 7) is 2.58. The van der Waals surface area contributed by atoms with Crippen LogP contribution >= 0.6 is 0 Å². The summed E-state index contributed by atoms with van der Waals surface area (Å²) in [5.74, 6) is 0.496. The van der Waals surface area contributed by atoms with E-state index in [0.29, 0.717) is 17.7 Å². The molecule has 0 bridgehead atoms. The average Bonchev–Trinajstić information content (AvgIpc) is 3.16. The molecule has 0 aliphatic carbocycles. The highest BCUT2D eigenvalue weighted by molar-refractivity contribution is 5.93. The lowest BCUT2D eigenvalue weighted by atomic mass is 9.88. The molecular weight excluding hydrogens is 284 g/mol. The van der Waals surface area contributed by atoms with Gasteiger partial charge in [0.1, 0.15) is 0 Å². The number of likely N-dealkylation sites (tertiary alicyclic amines) is 1. The number of rotatable bonds is 3. The Morgan fingerprint density at radius 1 is 1.32 bits per heavy atom. The minimum absolute atomic E-state index is 0.0478. The zero-order chi connectivity index (χ0) is 15.7. The SMILES string of the molecule is Cn1c(C(=O)N2CCC(C3CCCN3)CC2)ccc1[N+](=O)[O-]. The van der Waals surface area contributed by atoms with E-state index in [9.17, 15) is 14.9 Å². The standard InChI is InChI=1S/C15H22N4O3/c1-17-13(4-5-14(17)19(21)22)15(20)18-9-6-11(7-10-18)12-3-2-8-16-12/h4-5,11-12,16H,2-3,6-10H2,1H3. The predicted molar refractivity (Wildman–Crippen MR) is 81.7 cm³/mol. The third-order valence-corrected chi connectivity index (χ3v) is 5.00. The van der Waals surface area contributed by atoms with E-state index in [1.807, 2.05) is 4.90 Å².